The minimum atomic E-state index is 0.311. The van der Waals surface area contributed by atoms with Gasteiger partial charge in [-0.2, -0.15) is 0 Å². The highest BCUT2D eigenvalue weighted by Crippen LogP contribution is 2.17. The Labute approximate surface area is 83.1 Å². The Kier molecular flexibility index (Phi) is 7.29. The molecule has 0 saturated carbocycles. The summed E-state index contributed by atoms with van der Waals surface area (Å²) in [5, 5.41) is 3.33. The van der Waals surface area contributed by atoms with Gasteiger partial charge in [0, 0.05) is 13.2 Å². The fourth-order valence-corrected chi connectivity index (χ4v) is 1.69. The zero-order chi connectivity index (χ0) is 10.3. The molecule has 0 heterocycles. The zero-order valence-electron chi connectivity index (χ0n) is 9.76. The summed E-state index contributed by atoms with van der Waals surface area (Å²) in [4.78, 5) is 0. The van der Waals surface area contributed by atoms with Gasteiger partial charge < -0.3 is 10.1 Å². The number of likely N-dealkylation sites (N-methyl/N-ethyl adjacent to an activating group) is 1. The lowest BCUT2D eigenvalue weighted by Crippen LogP contribution is -2.38. The van der Waals surface area contributed by atoms with Crippen LogP contribution < -0.4 is 5.32 Å². The number of nitrogens with one attached hydrogen (secondary N) is 1. The molecule has 0 bridgehead atoms. The topological polar surface area (TPSA) is 21.3 Å². The molecule has 0 fully saturated rings. The largest absolute Gasteiger partial charge is 0.380 e. The minimum absolute atomic E-state index is 0.311. The molecule has 0 spiro atoms. The average molecular weight is 187 g/mol. The van der Waals surface area contributed by atoms with Crippen LogP contribution in [0.3, 0.4) is 0 Å². The Morgan fingerprint density at radius 1 is 1.23 bits per heavy atom. The lowest BCUT2D eigenvalue weighted by Gasteiger charge is -2.26. The van der Waals surface area contributed by atoms with Crippen LogP contribution in [0.15, 0.2) is 0 Å². The summed E-state index contributed by atoms with van der Waals surface area (Å²) >= 11 is 0. The molecule has 0 aromatic heterocycles. The quantitative estimate of drug-likeness (QED) is 0.661. The van der Waals surface area contributed by atoms with Gasteiger partial charge in [0.15, 0.2) is 0 Å². The Morgan fingerprint density at radius 2 is 1.77 bits per heavy atom. The molecule has 0 rings (SSSR count). The van der Waals surface area contributed by atoms with Crippen molar-refractivity contribution in [3.63, 3.8) is 0 Å². The van der Waals surface area contributed by atoms with Crippen LogP contribution in [0.1, 0.15) is 40.0 Å². The van der Waals surface area contributed by atoms with Crippen LogP contribution >= 0.6 is 0 Å². The highest BCUT2D eigenvalue weighted by molar-refractivity contribution is 4.74. The third-order valence-corrected chi connectivity index (χ3v) is 3.05. The van der Waals surface area contributed by atoms with E-state index in [9.17, 15) is 0 Å². The van der Waals surface area contributed by atoms with Crippen LogP contribution in [-0.2, 0) is 4.74 Å². The molecule has 2 unspecified atom stereocenters. The van der Waals surface area contributed by atoms with Gasteiger partial charge in [0.05, 0.1) is 6.10 Å². The number of hydrogen-bond donors (Lipinski definition) is 1. The van der Waals surface area contributed by atoms with Crippen LogP contribution in [0.2, 0.25) is 0 Å². The molecular weight excluding hydrogens is 162 g/mol. The van der Waals surface area contributed by atoms with Gasteiger partial charge in [-0.1, -0.05) is 26.7 Å². The van der Waals surface area contributed by atoms with Crippen molar-refractivity contribution < 1.29 is 4.74 Å². The molecule has 0 aliphatic heterocycles. The van der Waals surface area contributed by atoms with Gasteiger partial charge in [0.25, 0.3) is 0 Å². The monoisotopic (exact) mass is 187 g/mol. The molecule has 2 nitrogen and oxygen atoms in total. The third kappa shape index (κ3) is 4.63. The maximum atomic E-state index is 5.33. The summed E-state index contributed by atoms with van der Waals surface area (Å²) in [5.74, 6) is 0.829. The van der Waals surface area contributed by atoms with E-state index in [1.807, 2.05) is 7.05 Å². The summed E-state index contributed by atoms with van der Waals surface area (Å²) in [6.07, 6.45) is 4.07. The van der Waals surface area contributed by atoms with E-state index in [-0.39, 0.29) is 0 Å². The van der Waals surface area contributed by atoms with Crippen LogP contribution in [-0.4, -0.2) is 26.3 Å². The number of ether oxygens (including phenoxy) is 1. The predicted molar refractivity (Wildman–Crippen MR) is 58.0 cm³/mol. The molecule has 1 N–H and O–H groups in total. The molecule has 0 amide bonds. The van der Waals surface area contributed by atoms with Crippen molar-refractivity contribution in [2.24, 2.45) is 5.92 Å². The molecule has 0 aromatic rings. The number of methoxy groups -OCH3 is 1. The second kappa shape index (κ2) is 7.34. The van der Waals surface area contributed by atoms with Crippen molar-refractivity contribution in [1.82, 2.24) is 5.32 Å². The summed E-state index contributed by atoms with van der Waals surface area (Å²) in [7, 11) is 3.80. The maximum absolute atomic E-state index is 5.33. The second-order valence-electron chi connectivity index (χ2n) is 3.75. The standard InChI is InChI=1S/C11H25NO/c1-6-10(7-2)8-11(12-4)9(3)13-5/h9-12H,6-8H2,1-5H3. The van der Waals surface area contributed by atoms with E-state index < -0.39 is 0 Å². The normalized spacial score (nSPS) is 16.2. The molecule has 0 aliphatic carbocycles. The Balaban J connectivity index is 3.94. The van der Waals surface area contributed by atoms with Crippen molar-refractivity contribution >= 4 is 0 Å². The first kappa shape index (κ1) is 12.9. The van der Waals surface area contributed by atoms with Gasteiger partial charge in [-0.05, 0) is 26.3 Å². The summed E-state index contributed by atoms with van der Waals surface area (Å²) < 4.78 is 5.33. The average Bonchev–Trinajstić information content (AvgIpc) is 2.19. The summed E-state index contributed by atoms with van der Waals surface area (Å²) in [5.41, 5.74) is 0. The van der Waals surface area contributed by atoms with Crippen molar-refractivity contribution in [3.05, 3.63) is 0 Å². The third-order valence-electron chi connectivity index (χ3n) is 3.05. The number of hydrogen-bond acceptors (Lipinski definition) is 2. The van der Waals surface area contributed by atoms with Gasteiger partial charge >= 0.3 is 0 Å². The first-order valence-electron chi connectivity index (χ1n) is 5.39. The molecule has 0 aliphatic rings. The van der Waals surface area contributed by atoms with Crippen molar-refractivity contribution in [3.8, 4) is 0 Å². The fraction of sp³-hybridized carbons (Fsp3) is 1.00. The fourth-order valence-electron chi connectivity index (χ4n) is 1.69. The van der Waals surface area contributed by atoms with Gasteiger partial charge in [0.2, 0.25) is 0 Å². The Hall–Kier alpha value is -0.0800. The van der Waals surface area contributed by atoms with Gasteiger partial charge in [-0.15, -0.1) is 0 Å². The van der Waals surface area contributed by atoms with E-state index in [2.05, 4.69) is 26.1 Å². The summed E-state index contributed by atoms with van der Waals surface area (Å²) in [6, 6.07) is 0.495. The zero-order valence-corrected chi connectivity index (χ0v) is 9.76. The van der Waals surface area contributed by atoms with E-state index in [1.54, 1.807) is 7.11 Å². The SMILES string of the molecule is CCC(CC)CC(NC)C(C)OC. The molecule has 80 valence electrons. The molecule has 2 heteroatoms. The molecule has 2 atom stereocenters. The predicted octanol–water partition coefficient (Wildman–Crippen LogP) is 2.44. The van der Waals surface area contributed by atoms with Crippen molar-refractivity contribution in [2.75, 3.05) is 14.2 Å². The van der Waals surface area contributed by atoms with Gasteiger partial charge in [-0.3, -0.25) is 0 Å². The minimum Gasteiger partial charge on any atom is -0.380 e. The van der Waals surface area contributed by atoms with Crippen LogP contribution in [0.5, 0.6) is 0 Å². The lowest BCUT2D eigenvalue weighted by molar-refractivity contribution is 0.0760. The van der Waals surface area contributed by atoms with Crippen molar-refractivity contribution in [2.45, 2.75) is 52.2 Å². The second-order valence-corrected chi connectivity index (χ2v) is 3.75. The molecule has 0 radical (unpaired) electrons. The molecule has 0 saturated heterocycles. The van der Waals surface area contributed by atoms with E-state index in [1.165, 1.54) is 19.3 Å². The highest BCUT2D eigenvalue weighted by Gasteiger charge is 2.18. The Morgan fingerprint density at radius 3 is 2.08 bits per heavy atom. The van der Waals surface area contributed by atoms with E-state index in [4.69, 9.17) is 4.74 Å². The van der Waals surface area contributed by atoms with E-state index in [0.717, 1.165) is 5.92 Å². The molecular formula is C11H25NO. The van der Waals surface area contributed by atoms with Gasteiger partial charge in [0.1, 0.15) is 0 Å². The number of rotatable bonds is 7. The van der Waals surface area contributed by atoms with Crippen molar-refractivity contribution in [1.29, 1.82) is 0 Å². The van der Waals surface area contributed by atoms with Crippen LogP contribution in [0.25, 0.3) is 0 Å². The Bertz CT molecular complexity index is 113. The van der Waals surface area contributed by atoms with E-state index >= 15 is 0 Å². The van der Waals surface area contributed by atoms with E-state index in [0.29, 0.717) is 12.1 Å². The van der Waals surface area contributed by atoms with Crippen LogP contribution in [0.4, 0.5) is 0 Å². The first-order chi connectivity index (χ1) is 6.19. The molecule has 13 heavy (non-hydrogen) atoms. The summed E-state index contributed by atoms with van der Waals surface area (Å²) in [6.45, 7) is 6.65. The molecule has 0 aromatic carbocycles. The smallest absolute Gasteiger partial charge is 0.0696 e. The first-order valence-corrected chi connectivity index (χ1v) is 5.39. The van der Waals surface area contributed by atoms with Crippen LogP contribution in [0, 0.1) is 5.92 Å². The van der Waals surface area contributed by atoms with Gasteiger partial charge in [-0.25, -0.2) is 0 Å². The highest BCUT2D eigenvalue weighted by atomic mass is 16.5. The maximum Gasteiger partial charge on any atom is 0.0696 e. The lowest BCUT2D eigenvalue weighted by atomic mass is 9.93.